The molecular formula is C18H18FNO3. The number of aliphatic carboxylic acids is 1. The molecule has 0 saturated heterocycles. The molecule has 2 bridgehead atoms. The summed E-state index contributed by atoms with van der Waals surface area (Å²) < 4.78 is 12.9. The van der Waals surface area contributed by atoms with Gasteiger partial charge in [-0.15, -0.1) is 0 Å². The summed E-state index contributed by atoms with van der Waals surface area (Å²) in [4.78, 5) is 24.3. The second kappa shape index (κ2) is 5.65. The molecule has 2 N–H and O–H groups in total. The summed E-state index contributed by atoms with van der Waals surface area (Å²) in [6.45, 7) is 3.89. The number of hydrogen-bond donors (Lipinski definition) is 2. The zero-order valence-electron chi connectivity index (χ0n) is 12.9. The first-order chi connectivity index (χ1) is 10.9. The van der Waals surface area contributed by atoms with Crippen molar-refractivity contribution in [1.29, 1.82) is 0 Å². The Kier molecular flexibility index (Phi) is 3.80. The smallest absolute Gasteiger partial charge is 0.308 e. The summed E-state index contributed by atoms with van der Waals surface area (Å²) in [7, 11) is 0. The Morgan fingerprint density at radius 1 is 1.04 bits per heavy atom. The number of allylic oxidation sites excluding steroid dienone is 4. The molecule has 2 aliphatic rings. The topological polar surface area (TPSA) is 66.4 Å². The Bertz CT molecular complexity index is 716. The highest BCUT2D eigenvalue weighted by molar-refractivity contribution is 5.97. The fraction of sp³-hybridized carbons (Fsp3) is 0.333. The maximum absolute atomic E-state index is 12.9. The number of anilines is 1. The number of carboxylic acid groups (broad SMARTS) is 1. The van der Waals surface area contributed by atoms with Crippen LogP contribution in [0.25, 0.3) is 0 Å². The van der Waals surface area contributed by atoms with Gasteiger partial charge in [0.05, 0.1) is 11.8 Å². The minimum absolute atomic E-state index is 0.174. The predicted octanol–water partition coefficient (Wildman–Crippen LogP) is 3.23. The Morgan fingerprint density at radius 2 is 1.61 bits per heavy atom. The van der Waals surface area contributed by atoms with E-state index in [0.717, 1.165) is 11.1 Å². The molecular weight excluding hydrogens is 297 g/mol. The number of nitrogens with one attached hydrogen (secondary N) is 1. The summed E-state index contributed by atoms with van der Waals surface area (Å²) in [5.41, 5.74) is 2.57. The molecule has 0 radical (unpaired) electrons. The molecule has 23 heavy (non-hydrogen) atoms. The minimum Gasteiger partial charge on any atom is -0.481 e. The third-order valence-electron chi connectivity index (χ3n) is 4.68. The Balaban J connectivity index is 1.89. The fourth-order valence-corrected chi connectivity index (χ4v) is 3.80. The summed E-state index contributed by atoms with van der Waals surface area (Å²) in [6, 6.07) is 5.45. The van der Waals surface area contributed by atoms with Crippen LogP contribution in [0.15, 0.2) is 47.6 Å². The number of carboxylic acids is 1. The Morgan fingerprint density at radius 3 is 2.13 bits per heavy atom. The van der Waals surface area contributed by atoms with Crippen LogP contribution in [0.2, 0.25) is 0 Å². The number of rotatable bonds is 3. The van der Waals surface area contributed by atoms with Crippen LogP contribution in [0.1, 0.15) is 13.8 Å². The molecule has 1 amide bonds. The molecule has 2 aliphatic carbocycles. The van der Waals surface area contributed by atoms with Gasteiger partial charge >= 0.3 is 5.97 Å². The van der Waals surface area contributed by atoms with Crippen LogP contribution in [0.5, 0.6) is 0 Å². The number of amides is 1. The number of carbonyl (C=O) groups excluding carboxylic acids is 1. The van der Waals surface area contributed by atoms with Gasteiger partial charge in [0.2, 0.25) is 5.91 Å². The number of fused-ring (bicyclic) bond motifs is 2. The van der Waals surface area contributed by atoms with Gasteiger partial charge < -0.3 is 10.4 Å². The van der Waals surface area contributed by atoms with Gasteiger partial charge in [-0.05, 0) is 38.1 Å². The van der Waals surface area contributed by atoms with Crippen molar-refractivity contribution in [2.75, 3.05) is 5.32 Å². The molecule has 0 heterocycles. The van der Waals surface area contributed by atoms with Crippen molar-refractivity contribution in [3.63, 3.8) is 0 Å². The molecule has 1 saturated carbocycles. The van der Waals surface area contributed by atoms with Crippen molar-refractivity contribution < 1.29 is 19.1 Å². The van der Waals surface area contributed by atoms with Crippen LogP contribution in [-0.2, 0) is 9.59 Å². The molecule has 0 aromatic heterocycles. The third-order valence-corrected chi connectivity index (χ3v) is 4.68. The lowest BCUT2D eigenvalue weighted by Crippen LogP contribution is -2.36. The van der Waals surface area contributed by atoms with Crippen LogP contribution in [0.4, 0.5) is 10.1 Å². The molecule has 4 atom stereocenters. The van der Waals surface area contributed by atoms with Gasteiger partial charge in [-0.3, -0.25) is 9.59 Å². The Hall–Kier alpha value is -2.43. The van der Waals surface area contributed by atoms with Crippen LogP contribution >= 0.6 is 0 Å². The van der Waals surface area contributed by atoms with Crippen LogP contribution in [0.3, 0.4) is 0 Å². The van der Waals surface area contributed by atoms with Gasteiger partial charge in [0.15, 0.2) is 0 Å². The van der Waals surface area contributed by atoms with E-state index in [1.165, 1.54) is 24.3 Å². The molecule has 1 aromatic rings. The standard InChI is InChI=1S/C18H18FNO3/c1-9(2)14-12-7-8-13(14)16(18(22)23)15(12)17(21)20-11-5-3-10(19)4-6-11/h3-8,12-13,15-16H,1-2H3,(H,20,21)(H,22,23)/t12-,13-,15+,16+/m1/s1. The van der Waals surface area contributed by atoms with Crippen molar-refractivity contribution >= 4 is 17.6 Å². The van der Waals surface area contributed by atoms with E-state index in [2.05, 4.69) is 5.32 Å². The van der Waals surface area contributed by atoms with E-state index in [1.54, 1.807) is 0 Å². The van der Waals surface area contributed by atoms with E-state index in [4.69, 9.17) is 0 Å². The maximum atomic E-state index is 12.9. The van der Waals surface area contributed by atoms with Crippen molar-refractivity contribution in [3.8, 4) is 0 Å². The van der Waals surface area contributed by atoms with Crippen LogP contribution in [-0.4, -0.2) is 17.0 Å². The quantitative estimate of drug-likeness (QED) is 0.842. The van der Waals surface area contributed by atoms with E-state index in [-0.39, 0.29) is 23.6 Å². The van der Waals surface area contributed by atoms with Gasteiger partial charge in [-0.2, -0.15) is 0 Å². The SMILES string of the molecule is CC(C)=C1[C@H]2C=C[C@H]1[C@H](C(=O)Nc1ccc(F)cc1)[C@H]2C(=O)O. The normalized spacial score (nSPS) is 28.0. The predicted molar refractivity (Wildman–Crippen MR) is 84.1 cm³/mol. The van der Waals surface area contributed by atoms with Crippen LogP contribution in [0, 0.1) is 29.5 Å². The van der Waals surface area contributed by atoms with Crippen molar-refractivity contribution in [1.82, 2.24) is 0 Å². The maximum Gasteiger partial charge on any atom is 0.308 e. The highest BCUT2D eigenvalue weighted by atomic mass is 19.1. The number of benzene rings is 1. The second-order valence-electron chi connectivity index (χ2n) is 6.28. The van der Waals surface area contributed by atoms with Crippen molar-refractivity contribution in [3.05, 3.63) is 53.4 Å². The van der Waals surface area contributed by atoms with E-state index >= 15 is 0 Å². The highest BCUT2D eigenvalue weighted by Crippen LogP contribution is 2.53. The molecule has 5 heteroatoms. The monoisotopic (exact) mass is 315 g/mol. The average Bonchev–Trinajstić information content (AvgIpc) is 3.05. The fourth-order valence-electron chi connectivity index (χ4n) is 3.80. The minimum atomic E-state index is -0.958. The molecule has 1 fully saturated rings. The lowest BCUT2D eigenvalue weighted by atomic mass is 9.82. The van der Waals surface area contributed by atoms with E-state index in [0.29, 0.717) is 5.69 Å². The van der Waals surface area contributed by atoms with Gasteiger partial charge in [0, 0.05) is 17.5 Å². The van der Waals surface area contributed by atoms with Crippen LogP contribution < -0.4 is 5.32 Å². The summed E-state index contributed by atoms with van der Waals surface area (Å²) in [5, 5.41) is 12.3. The number of hydrogen-bond acceptors (Lipinski definition) is 2. The van der Waals surface area contributed by atoms with Gasteiger partial charge in [0.25, 0.3) is 0 Å². The zero-order chi connectivity index (χ0) is 16.7. The first kappa shape index (κ1) is 15.5. The van der Waals surface area contributed by atoms with E-state index in [9.17, 15) is 19.1 Å². The molecule has 120 valence electrons. The highest BCUT2D eigenvalue weighted by Gasteiger charge is 2.54. The Labute approximate surface area is 133 Å². The van der Waals surface area contributed by atoms with Gasteiger partial charge in [-0.1, -0.05) is 23.3 Å². The molecule has 0 spiro atoms. The summed E-state index contributed by atoms with van der Waals surface area (Å²) >= 11 is 0. The lowest BCUT2D eigenvalue weighted by molar-refractivity contribution is -0.146. The van der Waals surface area contributed by atoms with E-state index in [1.807, 2.05) is 26.0 Å². The molecule has 0 aliphatic heterocycles. The first-order valence-electron chi connectivity index (χ1n) is 7.55. The molecule has 1 aromatic carbocycles. The molecule has 4 nitrogen and oxygen atoms in total. The largest absolute Gasteiger partial charge is 0.481 e. The summed E-state index contributed by atoms with van der Waals surface area (Å²) in [6.07, 6.45) is 3.83. The third kappa shape index (κ3) is 2.56. The lowest BCUT2D eigenvalue weighted by Gasteiger charge is -2.23. The van der Waals surface area contributed by atoms with Gasteiger partial charge in [0.1, 0.15) is 5.82 Å². The average molecular weight is 315 g/mol. The second-order valence-corrected chi connectivity index (χ2v) is 6.28. The molecule has 3 rings (SSSR count). The van der Waals surface area contributed by atoms with Gasteiger partial charge in [-0.25, -0.2) is 4.39 Å². The zero-order valence-corrected chi connectivity index (χ0v) is 12.9. The first-order valence-corrected chi connectivity index (χ1v) is 7.55. The number of halogens is 1. The van der Waals surface area contributed by atoms with Crippen molar-refractivity contribution in [2.45, 2.75) is 13.8 Å². The van der Waals surface area contributed by atoms with E-state index < -0.39 is 17.8 Å². The van der Waals surface area contributed by atoms with Crippen molar-refractivity contribution in [2.24, 2.45) is 23.7 Å². The summed E-state index contributed by atoms with van der Waals surface area (Å²) in [5.74, 6) is -3.47. The molecule has 0 unspecified atom stereocenters. The number of carbonyl (C=O) groups is 2.